The summed E-state index contributed by atoms with van der Waals surface area (Å²) in [5.74, 6) is 3.32. The standard InChI is InChI=1S/C33H48ClF/c1-2-3-4-5-6-9-26-12-14-27(15-13-26)16-17-28-18-20-30(21-19-28)33(34)24-22-29(23-25-33)31-10-7-8-11-32(31)35/h7-8,10-11,22-24,26-28,30H,2-6,9,12-21,25H2,1H3/t26-,27-,28-,30-,33?. The monoisotopic (exact) mass is 498 g/mol. The molecule has 0 bridgehead atoms. The van der Waals surface area contributed by atoms with Gasteiger partial charge in [0, 0.05) is 5.56 Å². The van der Waals surface area contributed by atoms with Crippen molar-refractivity contribution in [2.45, 2.75) is 121 Å². The number of allylic oxidation sites excluding steroid dienone is 4. The van der Waals surface area contributed by atoms with Crippen LogP contribution in [0.2, 0.25) is 0 Å². The highest BCUT2D eigenvalue weighted by molar-refractivity contribution is 6.26. The van der Waals surface area contributed by atoms with Crippen LogP contribution in [0.3, 0.4) is 0 Å². The molecular formula is C33H48ClF. The first kappa shape index (κ1) is 27.0. The van der Waals surface area contributed by atoms with Crippen LogP contribution in [-0.2, 0) is 0 Å². The zero-order chi connectivity index (χ0) is 24.5. The highest BCUT2D eigenvalue weighted by Crippen LogP contribution is 2.46. The number of unbranched alkanes of at least 4 members (excludes halogenated alkanes) is 4. The molecule has 0 radical (unpaired) electrons. The largest absolute Gasteiger partial charge is 0.206 e. The van der Waals surface area contributed by atoms with Crippen LogP contribution >= 0.6 is 11.6 Å². The Bertz CT molecular complexity index is 825. The normalized spacial score (nSPS) is 31.3. The lowest BCUT2D eigenvalue weighted by atomic mass is 9.70. The number of benzene rings is 1. The molecular weight excluding hydrogens is 451 g/mol. The number of halogens is 2. The second-order valence-electron chi connectivity index (χ2n) is 12.0. The van der Waals surface area contributed by atoms with E-state index < -0.39 is 0 Å². The maximum Gasteiger partial charge on any atom is 0.131 e. The number of rotatable bonds is 11. The molecule has 0 amide bonds. The smallest absolute Gasteiger partial charge is 0.131 e. The first-order valence-corrected chi connectivity index (χ1v) is 15.3. The zero-order valence-electron chi connectivity index (χ0n) is 22.1. The maximum absolute atomic E-state index is 14.2. The molecule has 3 aliphatic carbocycles. The molecule has 4 rings (SSSR count). The van der Waals surface area contributed by atoms with Gasteiger partial charge in [0.25, 0.3) is 0 Å². The van der Waals surface area contributed by atoms with Gasteiger partial charge in [-0.1, -0.05) is 133 Å². The SMILES string of the molecule is CCCCCCC[C@H]1CC[C@H](CC[C@H]2CC[C@H](C3(Cl)C=CC(c4ccccc4F)=CC3)CC2)CC1. The van der Waals surface area contributed by atoms with Gasteiger partial charge >= 0.3 is 0 Å². The van der Waals surface area contributed by atoms with E-state index in [4.69, 9.17) is 11.6 Å². The molecule has 194 valence electrons. The van der Waals surface area contributed by atoms with E-state index in [0.29, 0.717) is 11.5 Å². The van der Waals surface area contributed by atoms with E-state index in [9.17, 15) is 4.39 Å². The van der Waals surface area contributed by atoms with E-state index in [-0.39, 0.29) is 10.7 Å². The van der Waals surface area contributed by atoms with Gasteiger partial charge in [-0.3, -0.25) is 0 Å². The Morgan fingerprint density at radius 3 is 2.00 bits per heavy atom. The van der Waals surface area contributed by atoms with Gasteiger partial charge in [0.05, 0.1) is 4.87 Å². The molecule has 35 heavy (non-hydrogen) atoms. The van der Waals surface area contributed by atoms with Gasteiger partial charge in [0.1, 0.15) is 5.82 Å². The van der Waals surface area contributed by atoms with Crippen molar-refractivity contribution in [1.82, 2.24) is 0 Å². The van der Waals surface area contributed by atoms with Crippen molar-refractivity contribution in [3.8, 4) is 0 Å². The van der Waals surface area contributed by atoms with E-state index in [0.717, 1.165) is 29.7 Å². The Hall–Kier alpha value is -1.08. The average Bonchev–Trinajstić information content (AvgIpc) is 2.89. The predicted molar refractivity (Wildman–Crippen MR) is 150 cm³/mol. The van der Waals surface area contributed by atoms with E-state index in [1.165, 1.54) is 109 Å². The third-order valence-corrected chi connectivity index (χ3v) is 10.1. The summed E-state index contributed by atoms with van der Waals surface area (Å²) in [5.41, 5.74) is 1.66. The van der Waals surface area contributed by atoms with Crippen LogP contribution in [0.25, 0.3) is 5.57 Å². The molecule has 0 aromatic heterocycles. The molecule has 1 unspecified atom stereocenters. The van der Waals surface area contributed by atoms with E-state index in [2.05, 4.69) is 25.2 Å². The molecule has 1 aromatic rings. The van der Waals surface area contributed by atoms with Gasteiger partial charge in [0.15, 0.2) is 0 Å². The van der Waals surface area contributed by atoms with Crippen LogP contribution in [0.15, 0.2) is 42.5 Å². The van der Waals surface area contributed by atoms with Gasteiger partial charge in [-0.25, -0.2) is 4.39 Å². The summed E-state index contributed by atoms with van der Waals surface area (Å²) in [7, 11) is 0. The number of hydrogen-bond acceptors (Lipinski definition) is 0. The molecule has 0 heterocycles. The van der Waals surface area contributed by atoms with Gasteiger partial charge in [0.2, 0.25) is 0 Å². The van der Waals surface area contributed by atoms with Crippen molar-refractivity contribution in [1.29, 1.82) is 0 Å². The van der Waals surface area contributed by atoms with Crippen LogP contribution < -0.4 is 0 Å². The van der Waals surface area contributed by atoms with Crippen molar-refractivity contribution in [3.05, 3.63) is 53.9 Å². The Kier molecular flexibility index (Phi) is 10.4. The summed E-state index contributed by atoms with van der Waals surface area (Å²) in [5, 5.41) is 0. The van der Waals surface area contributed by atoms with Crippen LogP contribution in [0, 0.1) is 29.5 Å². The summed E-state index contributed by atoms with van der Waals surface area (Å²) in [6.45, 7) is 2.30. The molecule has 0 spiro atoms. The lowest BCUT2D eigenvalue weighted by Gasteiger charge is -2.39. The fourth-order valence-corrected chi connectivity index (χ4v) is 7.43. The molecule has 3 aliphatic rings. The van der Waals surface area contributed by atoms with E-state index in [1.807, 2.05) is 12.1 Å². The van der Waals surface area contributed by atoms with Gasteiger partial charge in [-0.2, -0.15) is 0 Å². The van der Waals surface area contributed by atoms with Crippen LogP contribution in [0.4, 0.5) is 4.39 Å². The molecule has 0 aliphatic heterocycles. The van der Waals surface area contributed by atoms with Gasteiger partial charge < -0.3 is 0 Å². The summed E-state index contributed by atoms with van der Waals surface area (Å²) in [6.07, 6.45) is 29.8. The Labute approximate surface area is 219 Å². The second kappa shape index (κ2) is 13.5. The molecule has 0 N–H and O–H groups in total. The highest BCUT2D eigenvalue weighted by atomic mass is 35.5. The molecule has 0 saturated heterocycles. The molecule has 2 fully saturated rings. The third kappa shape index (κ3) is 7.70. The second-order valence-corrected chi connectivity index (χ2v) is 12.7. The van der Waals surface area contributed by atoms with Crippen molar-refractivity contribution in [3.63, 3.8) is 0 Å². The fourth-order valence-electron chi connectivity index (χ4n) is 7.08. The topological polar surface area (TPSA) is 0 Å². The zero-order valence-corrected chi connectivity index (χ0v) is 22.9. The minimum absolute atomic E-state index is 0.151. The minimum atomic E-state index is -0.283. The van der Waals surface area contributed by atoms with Gasteiger partial charge in [-0.15, -0.1) is 11.6 Å². The molecule has 0 nitrogen and oxygen atoms in total. The summed E-state index contributed by atoms with van der Waals surface area (Å²) >= 11 is 7.14. The molecule has 2 saturated carbocycles. The van der Waals surface area contributed by atoms with Crippen molar-refractivity contribution in [2.75, 3.05) is 0 Å². The van der Waals surface area contributed by atoms with Crippen molar-refractivity contribution < 1.29 is 4.39 Å². The molecule has 2 heteroatoms. The predicted octanol–water partition coefficient (Wildman–Crippen LogP) is 10.9. The highest BCUT2D eigenvalue weighted by Gasteiger charge is 2.37. The third-order valence-electron chi connectivity index (χ3n) is 9.55. The van der Waals surface area contributed by atoms with Crippen LogP contribution in [0.1, 0.15) is 122 Å². The minimum Gasteiger partial charge on any atom is -0.206 e. The van der Waals surface area contributed by atoms with Crippen molar-refractivity contribution >= 4 is 17.2 Å². The van der Waals surface area contributed by atoms with Gasteiger partial charge in [-0.05, 0) is 54.6 Å². The fraction of sp³-hybridized carbons (Fsp3) is 0.697. The molecule has 1 atom stereocenters. The van der Waals surface area contributed by atoms with Crippen LogP contribution in [-0.4, -0.2) is 4.87 Å². The van der Waals surface area contributed by atoms with Crippen molar-refractivity contribution in [2.24, 2.45) is 23.7 Å². The summed E-state index contributed by atoms with van der Waals surface area (Å²) in [4.78, 5) is -0.283. The lowest BCUT2D eigenvalue weighted by molar-refractivity contribution is 0.200. The Morgan fingerprint density at radius 1 is 0.800 bits per heavy atom. The van der Waals surface area contributed by atoms with Crippen LogP contribution in [0.5, 0.6) is 0 Å². The summed E-state index contributed by atoms with van der Waals surface area (Å²) in [6, 6.07) is 7.05. The number of hydrogen-bond donors (Lipinski definition) is 0. The maximum atomic E-state index is 14.2. The average molecular weight is 499 g/mol. The Balaban J connectivity index is 1.13. The Morgan fingerprint density at radius 2 is 1.40 bits per heavy atom. The lowest BCUT2D eigenvalue weighted by Crippen LogP contribution is -2.34. The first-order valence-electron chi connectivity index (χ1n) is 14.9. The quantitative estimate of drug-likeness (QED) is 0.210. The van der Waals surface area contributed by atoms with E-state index >= 15 is 0 Å². The molecule has 1 aromatic carbocycles. The number of alkyl halides is 1. The summed E-state index contributed by atoms with van der Waals surface area (Å²) < 4.78 is 14.2. The first-order chi connectivity index (χ1) is 17.1. The van der Waals surface area contributed by atoms with E-state index in [1.54, 1.807) is 6.07 Å².